The van der Waals surface area contributed by atoms with E-state index in [0.717, 1.165) is 28.6 Å². The summed E-state index contributed by atoms with van der Waals surface area (Å²) in [5, 5.41) is 16.1. The summed E-state index contributed by atoms with van der Waals surface area (Å²) in [6, 6.07) is 5.85. The molecule has 0 aliphatic rings. The number of fused-ring (bicyclic) bond motifs is 1. The van der Waals surface area contributed by atoms with Gasteiger partial charge < -0.3 is 25.5 Å². The van der Waals surface area contributed by atoms with Crippen LogP contribution in [0.1, 0.15) is 33.3 Å². The maximum absolute atomic E-state index is 11.0. The highest BCUT2D eigenvalue weighted by atomic mass is 16.5. The summed E-state index contributed by atoms with van der Waals surface area (Å²) in [7, 11) is 0. The largest absolute Gasteiger partial charge is 0.491 e. The Morgan fingerprint density at radius 1 is 1.40 bits per heavy atom. The van der Waals surface area contributed by atoms with Gasteiger partial charge in [-0.2, -0.15) is 0 Å². The van der Waals surface area contributed by atoms with E-state index in [-0.39, 0.29) is 18.1 Å². The molecule has 0 saturated carbocycles. The van der Waals surface area contributed by atoms with E-state index in [9.17, 15) is 9.90 Å². The van der Waals surface area contributed by atoms with Crippen molar-refractivity contribution in [2.24, 2.45) is 0 Å². The molecule has 0 aliphatic heterocycles. The number of aromatic amines is 1. The standard InChI is InChI=1S/C19H29N3O3/c1-13(23)20-8-7-14-10-21-18-6-5-16(9-17(14)18)25-12-15(24)11-22-19(2,3)4/h5-6,9-10,15,21-22,24H,7-8,11-12H2,1-4H3,(H,20,23)/p+1/t15-/m0/s1. The number of amides is 1. The zero-order chi connectivity index (χ0) is 18.4. The maximum atomic E-state index is 11.0. The Morgan fingerprint density at radius 3 is 2.84 bits per heavy atom. The Labute approximate surface area is 149 Å². The molecule has 0 radical (unpaired) electrons. The maximum Gasteiger partial charge on any atom is 0.216 e. The Bertz CT molecular complexity index is 703. The molecular weight excluding hydrogens is 318 g/mol. The Hall–Kier alpha value is -2.05. The predicted molar refractivity (Wildman–Crippen MR) is 98.7 cm³/mol. The molecule has 0 aliphatic carbocycles. The summed E-state index contributed by atoms with van der Waals surface area (Å²) in [6.07, 6.45) is 2.20. The third-order valence-corrected chi connectivity index (χ3v) is 3.95. The quantitative estimate of drug-likeness (QED) is 0.572. The lowest BCUT2D eigenvalue weighted by Crippen LogP contribution is -2.96. The van der Waals surface area contributed by atoms with Gasteiger partial charge in [-0.1, -0.05) is 0 Å². The van der Waals surface area contributed by atoms with Gasteiger partial charge >= 0.3 is 0 Å². The number of benzene rings is 1. The number of H-pyrrole nitrogens is 1. The summed E-state index contributed by atoms with van der Waals surface area (Å²) in [4.78, 5) is 14.2. The summed E-state index contributed by atoms with van der Waals surface area (Å²) < 4.78 is 5.75. The van der Waals surface area contributed by atoms with Crippen LogP contribution in [0.2, 0.25) is 0 Å². The SMILES string of the molecule is CC(=O)NCCc1c[nH]c2ccc(OC[C@@H](O)C[NH2+]C(C)(C)C)cc12. The average Bonchev–Trinajstić information content (AvgIpc) is 2.92. The van der Waals surface area contributed by atoms with Crippen molar-refractivity contribution < 1.29 is 20.0 Å². The number of ether oxygens (including phenoxy) is 1. The van der Waals surface area contributed by atoms with E-state index >= 15 is 0 Å². The molecule has 6 heteroatoms. The second kappa shape index (κ2) is 8.36. The molecule has 25 heavy (non-hydrogen) atoms. The number of rotatable bonds is 8. The molecule has 2 rings (SSSR count). The molecule has 6 nitrogen and oxygen atoms in total. The van der Waals surface area contributed by atoms with Crippen molar-refractivity contribution in [1.29, 1.82) is 0 Å². The lowest BCUT2D eigenvalue weighted by Gasteiger charge is -2.19. The fourth-order valence-electron chi connectivity index (χ4n) is 2.58. The monoisotopic (exact) mass is 348 g/mol. The van der Waals surface area contributed by atoms with Gasteiger partial charge in [0, 0.05) is 30.6 Å². The number of carbonyl (C=O) groups is 1. The van der Waals surface area contributed by atoms with Crippen molar-refractivity contribution in [3.8, 4) is 5.75 Å². The molecular formula is C19H30N3O3+. The summed E-state index contributed by atoms with van der Waals surface area (Å²) in [5.74, 6) is 0.715. The van der Waals surface area contributed by atoms with Crippen LogP contribution in [0.15, 0.2) is 24.4 Å². The van der Waals surface area contributed by atoms with Crippen molar-refractivity contribution in [3.05, 3.63) is 30.0 Å². The van der Waals surface area contributed by atoms with E-state index in [4.69, 9.17) is 4.74 Å². The first-order valence-electron chi connectivity index (χ1n) is 8.74. The molecule has 1 aromatic heterocycles. The van der Waals surface area contributed by atoms with Crippen LogP contribution in [0.25, 0.3) is 10.9 Å². The van der Waals surface area contributed by atoms with Crippen LogP contribution in [0.4, 0.5) is 0 Å². The second-order valence-corrected chi connectivity index (χ2v) is 7.52. The zero-order valence-electron chi connectivity index (χ0n) is 15.6. The van der Waals surface area contributed by atoms with Crippen LogP contribution in [0, 0.1) is 0 Å². The van der Waals surface area contributed by atoms with E-state index in [1.807, 2.05) is 24.4 Å². The van der Waals surface area contributed by atoms with Gasteiger partial charge in [0.2, 0.25) is 5.91 Å². The first-order chi connectivity index (χ1) is 11.7. The van der Waals surface area contributed by atoms with Crippen LogP contribution in [0.3, 0.4) is 0 Å². The lowest BCUT2D eigenvalue weighted by atomic mass is 10.1. The topological polar surface area (TPSA) is 91.0 Å². The Balaban J connectivity index is 1.94. The van der Waals surface area contributed by atoms with Crippen LogP contribution < -0.4 is 15.4 Å². The van der Waals surface area contributed by atoms with Crippen molar-refractivity contribution in [1.82, 2.24) is 10.3 Å². The number of aliphatic hydroxyl groups is 1. The van der Waals surface area contributed by atoms with Crippen molar-refractivity contribution in [3.63, 3.8) is 0 Å². The highest BCUT2D eigenvalue weighted by Crippen LogP contribution is 2.24. The van der Waals surface area contributed by atoms with Crippen molar-refractivity contribution in [2.75, 3.05) is 19.7 Å². The number of nitrogens with two attached hydrogens (primary N) is 1. The van der Waals surface area contributed by atoms with E-state index in [0.29, 0.717) is 13.1 Å². The number of hydrogen-bond acceptors (Lipinski definition) is 3. The van der Waals surface area contributed by atoms with E-state index in [1.165, 1.54) is 6.92 Å². The molecule has 1 aromatic carbocycles. The van der Waals surface area contributed by atoms with Gasteiger partial charge in [0.15, 0.2) is 0 Å². The van der Waals surface area contributed by atoms with Crippen LogP contribution in [-0.2, 0) is 11.2 Å². The number of hydrogen-bond donors (Lipinski definition) is 4. The van der Waals surface area contributed by atoms with Crippen LogP contribution in [-0.4, -0.2) is 47.3 Å². The second-order valence-electron chi connectivity index (χ2n) is 7.52. The number of aliphatic hydroxyl groups excluding tert-OH is 1. The minimum atomic E-state index is -0.514. The smallest absolute Gasteiger partial charge is 0.216 e. The number of nitrogens with one attached hydrogen (secondary N) is 2. The highest BCUT2D eigenvalue weighted by molar-refractivity contribution is 5.84. The molecule has 138 valence electrons. The molecule has 0 unspecified atom stereocenters. The van der Waals surface area contributed by atoms with Gasteiger partial charge in [-0.05, 0) is 51.0 Å². The fourth-order valence-corrected chi connectivity index (χ4v) is 2.58. The normalized spacial score (nSPS) is 13.0. The minimum absolute atomic E-state index is 0.0232. The average molecular weight is 348 g/mol. The molecule has 5 N–H and O–H groups in total. The summed E-state index contributed by atoms with van der Waals surface area (Å²) in [6.45, 7) is 9.34. The van der Waals surface area contributed by atoms with Gasteiger partial charge in [-0.15, -0.1) is 0 Å². The number of aromatic nitrogens is 1. The Morgan fingerprint density at radius 2 is 2.16 bits per heavy atom. The predicted octanol–water partition coefficient (Wildman–Crippen LogP) is 0.948. The molecule has 1 heterocycles. The number of carbonyl (C=O) groups excluding carboxylic acids is 1. The van der Waals surface area contributed by atoms with Gasteiger partial charge in [0.1, 0.15) is 25.0 Å². The first kappa shape index (κ1) is 19.3. The third-order valence-electron chi connectivity index (χ3n) is 3.95. The van der Waals surface area contributed by atoms with Gasteiger partial charge in [0.25, 0.3) is 0 Å². The molecule has 1 amide bonds. The first-order valence-corrected chi connectivity index (χ1v) is 8.74. The zero-order valence-corrected chi connectivity index (χ0v) is 15.6. The number of quaternary nitrogens is 1. The minimum Gasteiger partial charge on any atom is -0.491 e. The molecule has 2 aromatic rings. The molecule has 0 saturated heterocycles. The van der Waals surface area contributed by atoms with Crippen LogP contribution >= 0.6 is 0 Å². The fraction of sp³-hybridized carbons (Fsp3) is 0.526. The summed E-state index contributed by atoms with van der Waals surface area (Å²) in [5.41, 5.74) is 2.26. The molecule has 0 bridgehead atoms. The molecule has 0 spiro atoms. The van der Waals surface area contributed by atoms with E-state index < -0.39 is 6.10 Å². The molecule has 1 atom stereocenters. The van der Waals surface area contributed by atoms with Crippen LogP contribution in [0.5, 0.6) is 5.75 Å². The van der Waals surface area contributed by atoms with Crippen molar-refractivity contribution >= 4 is 16.8 Å². The van der Waals surface area contributed by atoms with Crippen molar-refractivity contribution in [2.45, 2.75) is 45.8 Å². The lowest BCUT2D eigenvalue weighted by molar-refractivity contribution is -0.722. The van der Waals surface area contributed by atoms with Gasteiger partial charge in [0.05, 0.1) is 5.54 Å². The van der Waals surface area contributed by atoms with Gasteiger partial charge in [-0.3, -0.25) is 4.79 Å². The highest BCUT2D eigenvalue weighted by Gasteiger charge is 2.16. The third kappa shape index (κ3) is 6.40. The molecule has 0 fully saturated rings. The summed E-state index contributed by atoms with van der Waals surface area (Å²) >= 11 is 0. The van der Waals surface area contributed by atoms with E-state index in [2.05, 4.69) is 36.4 Å². The Kier molecular flexibility index (Phi) is 6.45. The van der Waals surface area contributed by atoms with E-state index in [1.54, 1.807) is 0 Å². The van der Waals surface area contributed by atoms with Gasteiger partial charge in [-0.25, -0.2) is 0 Å².